The summed E-state index contributed by atoms with van der Waals surface area (Å²) >= 11 is 0. The standard InChI is InChI=1S/C20H22N2O4/c1-21-12-20(26-11-18(21)23)9-10-22(13-20)19(24)16-7-8-17(25-2)15-6-4-3-5-14(15)16/h3-8H,9-13H2,1-2H3. The van der Waals surface area contributed by atoms with E-state index in [-0.39, 0.29) is 18.4 Å². The van der Waals surface area contributed by atoms with Gasteiger partial charge in [-0.15, -0.1) is 0 Å². The van der Waals surface area contributed by atoms with Crippen LogP contribution in [0, 0.1) is 0 Å². The topological polar surface area (TPSA) is 59.1 Å². The number of fused-ring (bicyclic) bond motifs is 1. The van der Waals surface area contributed by atoms with Crippen molar-refractivity contribution in [3.05, 3.63) is 42.0 Å². The van der Waals surface area contributed by atoms with Crippen LogP contribution in [0.4, 0.5) is 0 Å². The van der Waals surface area contributed by atoms with Gasteiger partial charge in [0, 0.05) is 24.5 Å². The molecule has 0 aromatic heterocycles. The average Bonchev–Trinajstić information content (AvgIpc) is 3.07. The van der Waals surface area contributed by atoms with Gasteiger partial charge >= 0.3 is 0 Å². The van der Waals surface area contributed by atoms with Crippen molar-refractivity contribution in [2.75, 3.05) is 40.4 Å². The van der Waals surface area contributed by atoms with Gasteiger partial charge in [-0.1, -0.05) is 24.3 Å². The smallest absolute Gasteiger partial charge is 0.254 e. The van der Waals surface area contributed by atoms with E-state index in [1.165, 1.54) is 0 Å². The second kappa shape index (κ2) is 6.29. The van der Waals surface area contributed by atoms with Crippen LogP contribution in [0.5, 0.6) is 5.75 Å². The van der Waals surface area contributed by atoms with Gasteiger partial charge in [-0.25, -0.2) is 0 Å². The molecule has 2 saturated heterocycles. The fraction of sp³-hybridized carbons (Fsp3) is 0.400. The molecule has 6 nitrogen and oxygen atoms in total. The van der Waals surface area contributed by atoms with Gasteiger partial charge in [0.15, 0.2) is 0 Å². The maximum atomic E-state index is 13.2. The van der Waals surface area contributed by atoms with E-state index in [1.54, 1.807) is 19.1 Å². The summed E-state index contributed by atoms with van der Waals surface area (Å²) in [6, 6.07) is 11.4. The second-order valence-electron chi connectivity index (χ2n) is 7.06. The lowest BCUT2D eigenvalue weighted by atomic mass is 10.0. The zero-order chi connectivity index (χ0) is 18.3. The summed E-state index contributed by atoms with van der Waals surface area (Å²) < 4.78 is 11.3. The van der Waals surface area contributed by atoms with Crippen LogP contribution in [0.3, 0.4) is 0 Å². The number of likely N-dealkylation sites (tertiary alicyclic amines) is 1. The number of likely N-dealkylation sites (N-methyl/N-ethyl adjacent to an activating group) is 1. The highest BCUT2D eigenvalue weighted by Gasteiger charge is 2.45. The summed E-state index contributed by atoms with van der Waals surface area (Å²) in [4.78, 5) is 28.4. The van der Waals surface area contributed by atoms with Crippen LogP contribution in [0.2, 0.25) is 0 Å². The summed E-state index contributed by atoms with van der Waals surface area (Å²) in [5.41, 5.74) is 0.222. The van der Waals surface area contributed by atoms with E-state index in [0.29, 0.717) is 25.2 Å². The lowest BCUT2D eigenvalue weighted by Crippen LogP contribution is -2.54. The van der Waals surface area contributed by atoms with Gasteiger partial charge in [0.1, 0.15) is 18.0 Å². The van der Waals surface area contributed by atoms with E-state index >= 15 is 0 Å². The molecule has 0 aliphatic carbocycles. The summed E-state index contributed by atoms with van der Waals surface area (Å²) in [6.07, 6.45) is 0.741. The third-order valence-corrected chi connectivity index (χ3v) is 5.39. The zero-order valence-electron chi connectivity index (χ0n) is 15.0. The maximum Gasteiger partial charge on any atom is 0.254 e. The fourth-order valence-corrected chi connectivity index (χ4v) is 3.96. The van der Waals surface area contributed by atoms with Crippen molar-refractivity contribution in [2.24, 2.45) is 0 Å². The summed E-state index contributed by atoms with van der Waals surface area (Å²) in [7, 11) is 3.42. The molecular weight excluding hydrogens is 332 g/mol. The van der Waals surface area contributed by atoms with E-state index in [4.69, 9.17) is 9.47 Å². The Bertz CT molecular complexity index is 881. The van der Waals surface area contributed by atoms with Crippen LogP contribution in [-0.2, 0) is 9.53 Å². The van der Waals surface area contributed by atoms with Crippen molar-refractivity contribution in [1.82, 2.24) is 9.80 Å². The molecule has 2 aliphatic rings. The molecule has 2 amide bonds. The number of benzene rings is 2. The Morgan fingerprint density at radius 1 is 1.15 bits per heavy atom. The lowest BCUT2D eigenvalue weighted by Gasteiger charge is -2.38. The molecule has 1 spiro atoms. The number of carbonyl (C=O) groups excluding carboxylic acids is 2. The first kappa shape index (κ1) is 16.8. The molecule has 2 aliphatic heterocycles. The van der Waals surface area contributed by atoms with E-state index in [9.17, 15) is 9.59 Å². The van der Waals surface area contributed by atoms with Gasteiger partial charge in [0.2, 0.25) is 5.91 Å². The molecule has 6 heteroatoms. The number of methoxy groups -OCH3 is 1. The molecule has 0 bridgehead atoms. The Hall–Kier alpha value is -2.60. The Balaban J connectivity index is 1.62. The number of carbonyl (C=O) groups is 2. The molecule has 1 atom stereocenters. The van der Waals surface area contributed by atoms with Gasteiger partial charge in [0.25, 0.3) is 5.91 Å². The quantitative estimate of drug-likeness (QED) is 0.827. The van der Waals surface area contributed by atoms with Gasteiger partial charge in [-0.05, 0) is 23.9 Å². The number of hydrogen-bond donors (Lipinski definition) is 0. The van der Waals surface area contributed by atoms with Gasteiger partial charge in [0.05, 0.1) is 20.2 Å². The fourth-order valence-electron chi connectivity index (χ4n) is 3.96. The molecule has 136 valence electrons. The van der Waals surface area contributed by atoms with Crippen molar-refractivity contribution in [3.8, 4) is 5.75 Å². The van der Waals surface area contributed by atoms with E-state index in [0.717, 1.165) is 22.9 Å². The predicted octanol–water partition coefficient (Wildman–Crippen LogP) is 1.92. The highest BCUT2D eigenvalue weighted by Crippen LogP contribution is 2.33. The molecule has 26 heavy (non-hydrogen) atoms. The monoisotopic (exact) mass is 354 g/mol. The minimum atomic E-state index is -0.444. The van der Waals surface area contributed by atoms with Crippen molar-refractivity contribution in [2.45, 2.75) is 12.0 Å². The molecule has 4 rings (SSSR count). The Morgan fingerprint density at radius 3 is 2.65 bits per heavy atom. The summed E-state index contributed by atoms with van der Waals surface area (Å²) in [6.45, 7) is 1.74. The first-order valence-corrected chi connectivity index (χ1v) is 8.76. The number of nitrogens with zero attached hydrogens (tertiary/aromatic N) is 2. The molecule has 2 aromatic carbocycles. The molecule has 0 saturated carbocycles. The third kappa shape index (κ3) is 2.70. The van der Waals surface area contributed by atoms with Crippen LogP contribution < -0.4 is 4.74 Å². The number of amides is 2. The van der Waals surface area contributed by atoms with E-state index in [2.05, 4.69) is 0 Å². The van der Waals surface area contributed by atoms with Crippen LogP contribution in [0.1, 0.15) is 16.8 Å². The Morgan fingerprint density at radius 2 is 1.92 bits per heavy atom. The average molecular weight is 354 g/mol. The molecule has 2 aromatic rings. The molecule has 2 heterocycles. The number of ether oxygens (including phenoxy) is 2. The second-order valence-corrected chi connectivity index (χ2v) is 7.06. The Labute approximate surface area is 152 Å². The molecule has 1 unspecified atom stereocenters. The molecule has 0 N–H and O–H groups in total. The predicted molar refractivity (Wildman–Crippen MR) is 97.3 cm³/mol. The lowest BCUT2D eigenvalue weighted by molar-refractivity contribution is -0.158. The molecule has 0 radical (unpaired) electrons. The number of rotatable bonds is 2. The van der Waals surface area contributed by atoms with Gasteiger partial charge in [-0.3, -0.25) is 9.59 Å². The van der Waals surface area contributed by atoms with Crippen molar-refractivity contribution in [3.63, 3.8) is 0 Å². The van der Waals surface area contributed by atoms with Crippen LogP contribution in [0.25, 0.3) is 10.8 Å². The minimum absolute atomic E-state index is 0.0103. The van der Waals surface area contributed by atoms with Crippen molar-refractivity contribution >= 4 is 22.6 Å². The van der Waals surface area contributed by atoms with Gasteiger partial charge in [-0.2, -0.15) is 0 Å². The number of morpholine rings is 1. The van der Waals surface area contributed by atoms with E-state index in [1.807, 2.05) is 41.3 Å². The first-order valence-electron chi connectivity index (χ1n) is 8.76. The van der Waals surface area contributed by atoms with Crippen molar-refractivity contribution < 1.29 is 19.1 Å². The van der Waals surface area contributed by atoms with Crippen molar-refractivity contribution in [1.29, 1.82) is 0 Å². The number of hydrogen-bond acceptors (Lipinski definition) is 4. The zero-order valence-corrected chi connectivity index (χ0v) is 15.0. The SMILES string of the molecule is COc1ccc(C(=O)N2CCC3(CN(C)C(=O)CO3)C2)c2ccccc12. The highest BCUT2D eigenvalue weighted by molar-refractivity contribution is 6.08. The van der Waals surface area contributed by atoms with Gasteiger partial charge < -0.3 is 19.3 Å². The van der Waals surface area contributed by atoms with Crippen LogP contribution in [0.15, 0.2) is 36.4 Å². The largest absolute Gasteiger partial charge is 0.496 e. The summed E-state index contributed by atoms with van der Waals surface area (Å²) in [5, 5.41) is 1.81. The minimum Gasteiger partial charge on any atom is -0.496 e. The third-order valence-electron chi connectivity index (χ3n) is 5.39. The maximum absolute atomic E-state index is 13.2. The Kier molecular flexibility index (Phi) is 4.07. The van der Waals surface area contributed by atoms with Crippen LogP contribution in [-0.4, -0.2) is 67.6 Å². The molecule has 2 fully saturated rings. The highest BCUT2D eigenvalue weighted by atomic mass is 16.5. The normalized spacial score (nSPS) is 23.1. The first-order chi connectivity index (χ1) is 12.5. The summed E-state index contributed by atoms with van der Waals surface area (Å²) in [5.74, 6) is 0.733. The molecular formula is C20H22N2O4. The van der Waals surface area contributed by atoms with E-state index < -0.39 is 5.60 Å². The van der Waals surface area contributed by atoms with Crippen LogP contribution >= 0.6 is 0 Å².